The van der Waals surface area contributed by atoms with Crippen molar-refractivity contribution < 1.29 is 43.1 Å². The molecule has 128 valence electrons. The van der Waals surface area contributed by atoms with E-state index in [0.29, 0.717) is 0 Å². The number of nitrogens with zero attached hydrogens (tertiary/aromatic N) is 2. The molecule has 0 saturated heterocycles. The minimum absolute atomic E-state index is 0. The van der Waals surface area contributed by atoms with Crippen LogP contribution in [0.3, 0.4) is 0 Å². The lowest BCUT2D eigenvalue weighted by atomic mass is 9.88. The Morgan fingerprint density at radius 1 is 0.609 bits per heavy atom. The highest BCUT2D eigenvalue weighted by Crippen LogP contribution is 2.20. The second kappa shape index (κ2) is 8.39. The molecule has 23 heavy (non-hydrogen) atoms. The van der Waals surface area contributed by atoms with Crippen molar-refractivity contribution in [3.63, 3.8) is 0 Å². The minimum Gasteiger partial charge on any atom is -1.00 e. The van der Waals surface area contributed by atoms with Gasteiger partial charge in [0.15, 0.2) is 24.8 Å². The Kier molecular flexibility index (Phi) is 8.12. The first-order valence-corrected chi connectivity index (χ1v) is 7.65. The fourth-order valence-corrected chi connectivity index (χ4v) is 2.29. The van der Waals surface area contributed by atoms with E-state index in [1.807, 2.05) is 0 Å². The van der Waals surface area contributed by atoms with Crippen LogP contribution in [0.2, 0.25) is 0 Å². The van der Waals surface area contributed by atoms with Crippen molar-refractivity contribution in [3.05, 3.63) is 60.2 Å². The fourth-order valence-electron chi connectivity index (χ4n) is 2.29. The molecule has 0 saturated carbocycles. The maximum atomic E-state index is 2.24. The SMILES string of the molecule is CC(C)(C)c1cc[n+](C[n+]2ccc(C(C)(C)C)cc2)cc1.[Br-].[Br-]. The van der Waals surface area contributed by atoms with Gasteiger partial charge >= 0.3 is 6.67 Å². The fraction of sp³-hybridized carbons (Fsp3) is 0.474. The number of hydrogen-bond acceptors (Lipinski definition) is 0. The molecular formula is C19H28Br2N2. The molecule has 0 aliphatic heterocycles. The molecule has 2 rings (SSSR count). The average molecular weight is 444 g/mol. The van der Waals surface area contributed by atoms with Crippen LogP contribution in [0.5, 0.6) is 0 Å². The standard InChI is InChI=1S/C19H28N2.2BrH/c1-18(2,3)16-7-11-20(12-8-16)15-21-13-9-17(10-14-21)19(4,5)6;;/h7-14H,15H2,1-6H3;2*1H/q+2;;/p-2. The van der Waals surface area contributed by atoms with Gasteiger partial charge in [0, 0.05) is 24.3 Å². The maximum absolute atomic E-state index is 2.24. The third-order valence-electron chi connectivity index (χ3n) is 3.84. The van der Waals surface area contributed by atoms with E-state index < -0.39 is 0 Å². The number of halogens is 2. The van der Waals surface area contributed by atoms with Crippen molar-refractivity contribution >= 4 is 0 Å². The quantitative estimate of drug-likeness (QED) is 0.449. The zero-order chi connectivity index (χ0) is 15.7. The monoisotopic (exact) mass is 442 g/mol. The number of pyridine rings is 2. The largest absolute Gasteiger partial charge is 1.00 e. The molecule has 0 aliphatic rings. The molecule has 0 bridgehead atoms. The van der Waals surface area contributed by atoms with E-state index >= 15 is 0 Å². The van der Waals surface area contributed by atoms with Gasteiger partial charge in [0.2, 0.25) is 0 Å². The van der Waals surface area contributed by atoms with Gasteiger partial charge in [0.25, 0.3) is 0 Å². The van der Waals surface area contributed by atoms with Crippen LogP contribution in [0.4, 0.5) is 0 Å². The van der Waals surface area contributed by atoms with Gasteiger partial charge in [0.05, 0.1) is 0 Å². The summed E-state index contributed by atoms with van der Waals surface area (Å²) in [6.07, 6.45) is 8.63. The number of aromatic nitrogens is 2. The molecule has 0 aliphatic carbocycles. The van der Waals surface area contributed by atoms with Gasteiger partial charge in [0.1, 0.15) is 0 Å². The Hall–Kier alpha value is -0.740. The molecule has 0 amide bonds. The molecule has 0 aromatic carbocycles. The molecule has 2 aromatic heterocycles. The predicted molar refractivity (Wildman–Crippen MR) is 86.1 cm³/mol. The second-order valence-electron chi connectivity index (χ2n) is 7.84. The molecule has 0 fully saturated rings. The lowest BCUT2D eigenvalue weighted by Gasteiger charge is -2.17. The van der Waals surface area contributed by atoms with Gasteiger partial charge in [-0.25, -0.2) is 0 Å². The van der Waals surface area contributed by atoms with Crippen molar-refractivity contribution in [1.82, 2.24) is 0 Å². The summed E-state index contributed by atoms with van der Waals surface area (Å²) in [5.41, 5.74) is 3.15. The van der Waals surface area contributed by atoms with E-state index in [1.54, 1.807) is 0 Å². The van der Waals surface area contributed by atoms with Gasteiger partial charge in [-0.05, 0) is 22.0 Å². The highest BCUT2D eigenvalue weighted by atomic mass is 79.9. The summed E-state index contributed by atoms with van der Waals surface area (Å²) in [6, 6.07) is 8.85. The van der Waals surface area contributed by atoms with Crippen LogP contribution >= 0.6 is 0 Å². The maximum Gasteiger partial charge on any atom is 0.343 e. The van der Waals surface area contributed by atoms with Crippen LogP contribution in [0.25, 0.3) is 0 Å². The summed E-state index contributed by atoms with van der Waals surface area (Å²) in [6.45, 7) is 14.3. The van der Waals surface area contributed by atoms with E-state index in [0.717, 1.165) is 6.67 Å². The summed E-state index contributed by atoms with van der Waals surface area (Å²) in [7, 11) is 0. The Morgan fingerprint density at radius 2 is 0.870 bits per heavy atom. The average Bonchev–Trinajstić information content (AvgIpc) is 2.38. The Labute approximate surface area is 162 Å². The third kappa shape index (κ3) is 6.34. The molecular weight excluding hydrogens is 416 g/mol. The van der Waals surface area contributed by atoms with Crippen LogP contribution in [-0.2, 0) is 17.5 Å². The molecule has 0 N–H and O–H groups in total. The molecule has 2 aromatic rings. The number of hydrogen-bond donors (Lipinski definition) is 0. The Balaban J connectivity index is 0.00000242. The van der Waals surface area contributed by atoms with Gasteiger partial charge in [-0.2, -0.15) is 0 Å². The smallest absolute Gasteiger partial charge is 0.343 e. The first kappa shape index (κ1) is 22.3. The van der Waals surface area contributed by atoms with Crippen molar-refractivity contribution in [2.45, 2.75) is 59.0 Å². The first-order valence-electron chi connectivity index (χ1n) is 7.65. The van der Waals surface area contributed by atoms with E-state index in [1.165, 1.54) is 11.1 Å². The lowest BCUT2D eigenvalue weighted by Crippen LogP contribution is -3.00. The second-order valence-corrected chi connectivity index (χ2v) is 7.84. The predicted octanol–water partition coefficient (Wildman–Crippen LogP) is -2.63. The Morgan fingerprint density at radius 3 is 1.09 bits per heavy atom. The van der Waals surface area contributed by atoms with Crippen LogP contribution in [0.15, 0.2) is 49.1 Å². The molecule has 2 nitrogen and oxygen atoms in total. The van der Waals surface area contributed by atoms with Crippen molar-refractivity contribution in [2.24, 2.45) is 0 Å². The van der Waals surface area contributed by atoms with Gasteiger partial charge in [-0.15, -0.1) is 9.13 Å². The summed E-state index contributed by atoms with van der Waals surface area (Å²) in [4.78, 5) is 0. The third-order valence-corrected chi connectivity index (χ3v) is 3.84. The minimum atomic E-state index is 0. The van der Waals surface area contributed by atoms with Gasteiger partial charge in [-0.3, -0.25) is 0 Å². The van der Waals surface area contributed by atoms with E-state index in [-0.39, 0.29) is 44.8 Å². The highest BCUT2D eigenvalue weighted by molar-refractivity contribution is 5.18. The summed E-state index contributed by atoms with van der Waals surface area (Å²) < 4.78 is 4.40. The van der Waals surface area contributed by atoms with E-state index in [9.17, 15) is 0 Å². The zero-order valence-corrected chi connectivity index (χ0v) is 18.1. The topological polar surface area (TPSA) is 7.76 Å². The van der Waals surface area contributed by atoms with E-state index in [2.05, 4.69) is 99.7 Å². The molecule has 0 spiro atoms. The van der Waals surface area contributed by atoms with Crippen LogP contribution in [-0.4, -0.2) is 0 Å². The molecule has 0 unspecified atom stereocenters. The lowest BCUT2D eigenvalue weighted by molar-refractivity contribution is -0.913. The zero-order valence-electron chi connectivity index (χ0n) is 15.0. The Bertz CT molecular complexity index is 536. The first-order chi connectivity index (χ1) is 9.66. The summed E-state index contributed by atoms with van der Waals surface area (Å²) in [5.74, 6) is 0. The summed E-state index contributed by atoms with van der Waals surface area (Å²) >= 11 is 0. The van der Waals surface area contributed by atoms with Gasteiger partial charge < -0.3 is 34.0 Å². The van der Waals surface area contributed by atoms with Crippen molar-refractivity contribution in [2.75, 3.05) is 0 Å². The van der Waals surface area contributed by atoms with Crippen LogP contribution in [0.1, 0.15) is 52.7 Å². The van der Waals surface area contributed by atoms with Crippen LogP contribution < -0.4 is 43.1 Å². The normalized spacial score (nSPS) is 11.4. The van der Waals surface area contributed by atoms with E-state index in [4.69, 9.17) is 0 Å². The molecule has 0 radical (unpaired) electrons. The molecule has 2 heterocycles. The summed E-state index contributed by atoms with van der Waals surface area (Å²) in [5, 5.41) is 0. The van der Waals surface area contributed by atoms with Gasteiger partial charge in [-0.1, -0.05) is 41.5 Å². The molecule has 4 heteroatoms. The van der Waals surface area contributed by atoms with Crippen molar-refractivity contribution in [3.8, 4) is 0 Å². The number of rotatable bonds is 2. The van der Waals surface area contributed by atoms with Crippen LogP contribution in [0, 0.1) is 0 Å². The molecule has 0 atom stereocenters. The highest BCUT2D eigenvalue weighted by Gasteiger charge is 2.17. The van der Waals surface area contributed by atoms with Crippen molar-refractivity contribution in [1.29, 1.82) is 0 Å².